The smallest absolute Gasteiger partial charge is 0.235 e. The highest BCUT2D eigenvalue weighted by atomic mass is 32.2. The van der Waals surface area contributed by atoms with E-state index in [9.17, 15) is 4.79 Å². The summed E-state index contributed by atoms with van der Waals surface area (Å²) in [6, 6.07) is 8.11. The summed E-state index contributed by atoms with van der Waals surface area (Å²) in [5.41, 5.74) is 3.15. The van der Waals surface area contributed by atoms with Crippen molar-refractivity contribution in [1.29, 1.82) is 0 Å². The Morgan fingerprint density at radius 1 is 1.43 bits per heavy atom. The molecule has 1 aliphatic heterocycles. The quantitative estimate of drug-likeness (QED) is 0.899. The van der Waals surface area contributed by atoms with Gasteiger partial charge in [0.1, 0.15) is 5.75 Å². The highest BCUT2D eigenvalue weighted by Crippen LogP contribution is 2.42. The van der Waals surface area contributed by atoms with Gasteiger partial charge in [-0.3, -0.25) is 9.89 Å². The molecule has 0 saturated heterocycles. The summed E-state index contributed by atoms with van der Waals surface area (Å²) in [5, 5.41) is 10.1. The van der Waals surface area contributed by atoms with E-state index in [2.05, 4.69) is 41.5 Å². The van der Waals surface area contributed by atoms with Gasteiger partial charge in [-0.1, -0.05) is 26.0 Å². The predicted octanol–water partition coefficient (Wildman–Crippen LogP) is 3.53. The lowest BCUT2D eigenvalue weighted by Crippen LogP contribution is -2.12. The average Bonchev–Trinajstić information content (AvgIpc) is 2.78. The lowest BCUT2D eigenvalue weighted by atomic mass is 10.0. The van der Waals surface area contributed by atoms with Crippen LogP contribution in [-0.2, 0) is 4.79 Å². The van der Waals surface area contributed by atoms with Crippen molar-refractivity contribution < 1.29 is 9.53 Å². The lowest BCUT2D eigenvalue weighted by molar-refractivity contribution is -0.113. The van der Waals surface area contributed by atoms with E-state index in [1.165, 1.54) is 0 Å². The van der Waals surface area contributed by atoms with Gasteiger partial charge in [0.05, 0.1) is 17.6 Å². The van der Waals surface area contributed by atoms with Crippen LogP contribution in [-0.4, -0.2) is 28.5 Å². The molecule has 0 unspecified atom stereocenters. The minimum Gasteiger partial charge on any atom is -0.493 e. The van der Waals surface area contributed by atoms with Gasteiger partial charge >= 0.3 is 0 Å². The molecule has 1 aromatic carbocycles. The summed E-state index contributed by atoms with van der Waals surface area (Å²) in [5.74, 6) is 2.38. The Hall–Kier alpha value is -1.95. The maximum Gasteiger partial charge on any atom is 0.235 e. The number of nitrogens with one attached hydrogen (secondary N) is 2. The van der Waals surface area contributed by atoms with Crippen LogP contribution in [0.5, 0.6) is 5.75 Å². The molecule has 0 bridgehead atoms. The number of amides is 1. The first-order chi connectivity index (χ1) is 11.0. The van der Waals surface area contributed by atoms with Crippen LogP contribution in [0.1, 0.15) is 35.9 Å². The standard InChI is InChI=1S/C17H21N3O2S/c1-10(2)8-22-13-6-4-5-12(7-13)16-15-11(3)19-20-17(15)18-14(21)9-23-16/h4-7,10,16H,8-9H2,1-3H3,(H2,18,19,20,21)/t16-/m0/s1. The number of ether oxygens (including phenoxy) is 1. The van der Waals surface area contributed by atoms with E-state index >= 15 is 0 Å². The number of benzene rings is 1. The SMILES string of the molecule is Cc1[nH]nc2c1[C@H](c1cccc(OCC(C)C)c1)SCC(=O)N2. The molecular formula is C17H21N3O2S. The fourth-order valence-electron chi connectivity index (χ4n) is 2.56. The van der Waals surface area contributed by atoms with Gasteiger partial charge in [0.25, 0.3) is 0 Å². The van der Waals surface area contributed by atoms with Gasteiger partial charge in [0.15, 0.2) is 5.82 Å². The number of hydrogen-bond acceptors (Lipinski definition) is 4. The number of rotatable bonds is 4. The number of carbonyl (C=O) groups is 1. The van der Waals surface area contributed by atoms with Gasteiger partial charge in [0.2, 0.25) is 5.91 Å². The Balaban J connectivity index is 1.93. The summed E-state index contributed by atoms with van der Waals surface area (Å²) in [6.45, 7) is 6.93. The van der Waals surface area contributed by atoms with Gasteiger partial charge in [-0.25, -0.2) is 0 Å². The molecule has 0 spiro atoms. The molecule has 23 heavy (non-hydrogen) atoms. The van der Waals surface area contributed by atoms with Crippen molar-refractivity contribution in [2.45, 2.75) is 26.0 Å². The molecule has 0 fully saturated rings. The Morgan fingerprint density at radius 3 is 3.04 bits per heavy atom. The third-order valence-corrected chi connectivity index (χ3v) is 4.91. The van der Waals surface area contributed by atoms with Crippen molar-refractivity contribution in [3.8, 4) is 5.75 Å². The number of thioether (sulfide) groups is 1. The summed E-state index contributed by atoms with van der Waals surface area (Å²) >= 11 is 1.61. The predicted molar refractivity (Wildman–Crippen MR) is 93.0 cm³/mol. The number of H-pyrrole nitrogens is 1. The zero-order valence-corrected chi connectivity index (χ0v) is 14.4. The molecule has 0 aliphatic carbocycles. The summed E-state index contributed by atoms with van der Waals surface area (Å²) < 4.78 is 5.84. The maximum absolute atomic E-state index is 11.9. The summed E-state index contributed by atoms with van der Waals surface area (Å²) in [4.78, 5) is 11.9. The monoisotopic (exact) mass is 331 g/mol. The Bertz CT molecular complexity index is 712. The minimum absolute atomic E-state index is 0.0162. The van der Waals surface area contributed by atoms with Crippen LogP contribution in [0.25, 0.3) is 0 Å². The highest BCUT2D eigenvalue weighted by molar-refractivity contribution is 8.00. The average molecular weight is 331 g/mol. The molecule has 3 rings (SSSR count). The van der Waals surface area contributed by atoms with Gasteiger partial charge in [-0.2, -0.15) is 5.10 Å². The maximum atomic E-state index is 11.9. The number of aromatic amines is 1. The van der Waals surface area contributed by atoms with Crippen molar-refractivity contribution >= 4 is 23.5 Å². The van der Waals surface area contributed by atoms with Crippen LogP contribution >= 0.6 is 11.8 Å². The second-order valence-corrected chi connectivity index (χ2v) is 7.22. The molecular weight excluding hydrogens is 310 g/mol. The molecule has 1 amide bonds. The van der Waals surface area contributed by atoms with E-state index < -0.39 is 0 Å². The third-order valence-electron chi connectivity index (χ3n) is 3.64. The first-order valence-electron chi connectivity index (χ1n) is 7.73. The normalized spacial score (nSPS) is 17.6. The molecule has 1 atom stereocenters. The largest absolute Gasteiger partial charge is 0.493 e. The summed E-state index contributed by atoms with van der Waals surface area (Å²) in [6.07, 6.45) is 0. The van der Waals surface area contributed by atoms with E-state index in [1.54, 1.807) is 11.8 Å². The molecule has 2 aromatic rings. The number of aromatic nitrogens is 2. The molecule has 1 aliphatic rings. The van der Waals surface area contributed by atoms with Crippen molar-refractivity contribution in [2.75, 3.05) is 17.7 Å². The van der Waals surface area contributed by atoms with Gasteiger partial charge in [-0.15, -0.1) is 11.8 Å². The second kappa shape index (κ2) is 6.66. The van der Waals surface area contributed by atoms with Gasteiger partial charge in [0, 0.05) is 11.3 Å². The Kier molecular flexibility index (Phi) is 4.61. The molecule has 0 saturated carbocycles. The lowest BCUT2D eigenvalue weighted by Gasteiger charge is -2.17. The van der Waals surface area contributed by atoms with E-state index in [0.717, 1.165) is 22.6 Å². The van der Waals surface area contributed by atoms with E-state index in [4.69, 9.17) is 4.74 Å². The summed E-state index contributed by atoms with van der Waals surface area (Å²) in [7, 11) is 0. The molecule has 2 N–H and O–H groups in total. The Morgan fingerprint density at radius 2 is 2.26 bits per heavy atom. The van der Waals surface area contributed by atoms with E-state index in [-0.39, 0.29) is 11.2 Å². The molecule has 1 aromatic heterocycles. The van der Waals surface area contributed by atoms with Crippen molar-refractivity contribution in [3.63, 3.8) is 0 Å². The highest BCUT2D eigenvalue weighted by Gasteiger charge is 2.28. The molecule has 6 heteroatoms. The van der Waals surface area contributed by atoms with Gasteiger partial charge in [-0.05, 0) is 30.5 Å². The van der Waals surface area contributed by atoms with Crippen LogP contribution in [0.15, 0.2) is 24.3 Å². The Labute approximate surface area is 140 Å². The minimum atomic E-state index is -0.0162. The first kappa shape index (κ1) is 15.9. The van der Waals surface area contributed by atoms with Crippen molar-refractivity contribution in [1.82, 2.24) is 10.2 Å². The number of carbonyl (C=O) groups excluding carboxylic acids is 1. The molecule has 122 valence electrons. The van der Waals surface area contributed by atoms with Crippen LogP contribution < -0.4 is 10.1 Å². The van der Waals surface area contributed by atoms with Gasteiger partial charge < -0.3 is 10.1 Å². The number of nitrogens with zero attached hydrogens (tertiary/aromatic N) is 1. The fraction of sp³-hybridized carbons (Fsp3) is 0.412. The van der Waals surface area contributed by atoms with Crippen LogP contribution in [0, 0.1) is 12.8 Å². The number of fused-ring (bicyclic) bond motifs is 1. The molecule has 5 nitrogen and oxygen atoms in total. The van der Waals surface area contributed by atoms with E-state index in [0.29, 0.717) is 24.1 Å². The molecule has 2 heterocycles. The van der Waals surface area contributed by atoms with Crippen LogP contribution in [0.2, 0.25) is 0 Å². The zero-order valence-electron chi connectivity index (χ0n) is 13.6. The van der Waals surface area contributed by atoms with Crippen molar-refractivity contribution in [3.05, 3.63) is 41.1 Å². The third kappa shape index (κ3) is 3.52. The first-order valence-corrected chi connectivity index (χ1v) is 8.78. The van der Waals surface area contributed by atoms with E-state index in [1.807, 2.05) is 19.1 Å². The second-order valence-electron chi connectivity index (χ2n) is 6.13. The number of hydrogen-bond donors (Lipinski definition) is 2. The van der Waals surface area contributed by atoms with Crippen LogP contribution in [0.4, 0.5) is 5.82 Å². The number of anilines is 1. The topological polar surface area (TPSA) is 67.0 Å². The fourth-order valence-corrected chi connectivity index (χ4v) is 3.74. The molecule has 0 radical (unpaired) electrons. The van der Waals surface area contributed by atoms with Crippen molar-refractivity contribution in [2.24, 2.45) is 5.92 Å². The van der Waals surface area contributed by atoms with Crippen LogP contribution in [0.3, 0.4) is 0 Å². The zero-order chi connectivity index (χ0) is 16.4. The number of aryl methyl sites for hydroxylation is 1.